The van der Waals surface area contributed by atoms with Crippen LogP contribution in [0.3, 0.4) is 0 Å². The van der Waals surface area contributed by atoms with Gasteiger partial charge in [0.1, 0.15) is 18.5 Å². The molecule has 0 unspecified atom stereocenters. The van der Waals surface area contributed by atoms with Gasteiger partial charge in [0.2, 0.25) is 5.91 Å². The quantitative estimate of drug-likeness (QED) is 0.388. The number of carbonyl (C=O) groups is 4. The Hall–Kier alpha value is -2.22. The second-order valence-corrected chi connectivity index (χ2v) is 13.3. The second kappa shape index (κ2) is 11.1. The van der Waals surface area contributed by atoms with Crippen molar-refractivity contribution in [2.45, 2.75) is 98.7 Å². The van der Waals surface area contributed by atoms with E-state index in [0.717, 1.165) is 31.3 Å². The Morgan fingerprint density at radius 3 is 2.45 bits per heavy atom. The molecule has 6 atom stereocenters. The van der Waals surface area contributed by atoms with E-state index in [1.807, 2.05) is 0 Å². The van der Waals surface area contributed by atoms with Crippen LogP contribution in [0, 0.1) is 34.5 Å². The van der Waals surface area contributed by atoms with Crippen LogP contribution >= 0.6 is 0 Å². The number of aliphatic hydroxyl groups is 1. The van der Waals surface area contributed by atoms with Crippen LogP contribution in [-0.2, 0) is 28.7 Å². The van der Waals surface area contributed by atoms with Crippen LogP contribution in [0.2, 0.25) is 0 Å². The summed E-state index contributed by atoms with van der Waals surface area (Å²) in [5.74, 6) is -0.516. The zero-order valence-electron chi connectivity index (χ0n) is 24.5. The summed E-state index contributed by atoms with van der Waals surface area (Å²) in [5.41, 5.74) is -0.547. The fraction of sp³-hybridized carbons (Fsp3) is 0.800. The van der Waals surface area contributed by atoms with Gasteiger partial charge in [-0.1, -0.05) is 33.3 Å². The van der Waals surface area contributed by atoms with Gasteiger partial charge in [-0.05, 0) is 62.7 Å². The van der Waals surface area contributed by atoms with Gasteiger partial charge < -0.3 is 19.5 Å². The molecule has 0 aliphatic heterocycles. The minimum atomic E-state index is -1.12. The van der Waals surface area contributed by atoms with Gasteiger partial charge in [-0.25, -0.2) is 0 Å². The van der Waals surface area contributed by atoms with Crippen molar-refractivity contribution < 1.29 is 33.8 Å². The van der Waals surface area contributed by atoms with Crippen LogP contribution in [-0.4, -0.2) is 65.5 Å². The van der Waals surface area contributed by atoms with Crippen molar-refractivity contribution in [2.75, 3.05) is 20.2 Å². The Morgan fingerprint density at radius 1 is 1.18 bits per heavy atom. The van der Waals surface area contributed by atoms with E-state index >= 15 is 0 Å². The standard InChI is InChI=1S/C30H47NO7/c1-18-20(15-25(34)31(8)13-14-37-19(2)32)9-10-21-27(18)22(33)16-23-29(5,6)24(11-12-30(21,23)7)38-26(35)17-28(3,4)36/h15,18,21,23-24,27,36H,9-14,16-17H2,1-8H3/t18-,21+,23-,24-,27-,30+/m0/s1. The molecule has 0 bridgehead atoms. The van der Waals surface area contributed by atoms with E-state index in [4.69, 9.17) is 9.47 Å². The molecule has 0 aromatic carbocycles. The normalized spacial score (nSPS) is 33.7. The van der Waals surface area contributed by atoms with Gasteiger partial charge in [-0.3, -0.25) is 19.2 Å². The van der Waals surface area contributed by atoms with Gasteiger partial charge in [0.25, 0.3) is 0 Å². The van der Waals surface area contributed by atoms with Crippen molar-refractivity contribution in [3.63, 3.8) is 0 Å². The first kappa shape index (κ1) is 30.3. The van der Waals surface area contributed by atoms with E-state index in [1.165, 1.54) is 11.8 Å². The topological polar surface area (TPSA) is 110 Å². The molecule has 3 rings (SSSR count). The molecule has 0 aromatic rings. The molecular weight excluding hydrogens is 486 g/mol. The number of hydrogen-bond donors (Lipinski definition) is 1. The summed E-state index contributed by atoms with van der Waals surface area (Å²) < 4.78 is 10.9. The number of likely N-dealkylation sites (N-methyl/N-ethyl adjacent to an activating group) is 1. The molecule has 1 amide bonds. The van der Waals surface area contributed by atoms with Crippen LogP contribution in [0.1, 0.15) is 87.0 Å². The Balaban J connectivity index is 1.75. The predicted octanol–water partition coefficient (Wildman–Crippen LogP) is 4.08. The minimum Gasteiger partial charge on any atom is -0.464 e. The summed E-state index contributed by atoms with van der Waals surface area (Å²) >= 11 is 0. The second-order valence-electron chi connectivity index (χ2n) is 13.3. The third kappa shape index (κ3) is 6.32. The van der Waals surface area contributed by atoms with Crippen LogP contribution in [0.25, 0.3) is 0 Å². The molecule has 0 heterocycles. The molecule has 214 valence electrons. The average molecular weight is 534 g/mol. The van der Waals surface area contributed by atoms with E-state index in [2.05, 4.69) is 27.7 Å². The van der Waals surface area contributed by atoms with Crippen molar-refractivity contribution in [1.29, 1.82) is 0 Å². The highest BCUT2D eigenvalue weighted by Crippen LogP contribution is 2.64. The zero-order chi connectivity index (χ0) is 28.6. The first-order chi connectivity index (χ1) is 17.5. The third-order valence-electron chi connectivity index (χ3n) is 9.66. The summed E-state index contributed by atoms with van der Waals surface area (Å²) in [6.45, 7) is 13.6. The third-order valence-corrected chi connectivity index (χ3v) is 9.66. The highest BCUT2D eigenvalue weighted by atomic mass is 16.5. The fourth-order valence-electron chi connectivity index (χ4n) is 7.56. The molecule has 0 aromatic heterocycles. The largest absolute Gasteiger partial charge is 0.464 e. The zero-order valence-corrected chi connectivity index (χ0v) is 24.5. The number of fused-ring (bicyclic) bond motifs is 3. The Morgan fingerprint density at radius 2 is 1.84 bits per heavy atom. The number of rotatable bonds is 7. The van der Waals surface area contributed by atoms with E-state index in [0.29, 0.717) is 13.0 Å². The highest BCUT2D eigenvalue weighted by molar-refractivity contribution is 5.89. The van der Waals surface area contributed by atoms with Crippen LogP contribution in [0.4, 0.5) is 0 Å². The first-order valence-electron chi connectivity index (χ1n) is 14.0. The summed E-state index contributed by atoms with van der Waals surface area (Å²) in [6, 6.07) is 0. The molecule has 1 N–H and O–H groups in total. The molecule has 3 aliphatic rings. The number of esters is 2. The van der Waals surface area contributed by atoms with Crippen molar-refractivity contribution in [3.8, 4) is 0 Å². The maximum Gasteiger partial charge on any atom is 0.308 e. The number of hydrogen-bond acceptors (Lipinski definition) is 7. The molecule has 8 heteroatoms. The van der Waals surface area contributed by atoms with Gasteiger partial charge in [-0.2, -0.15) is 0 Å². The summed E-state index contributed by atoms with van der Waals surface area (Å²) in [5, 5.41) is 10.0. The average Bonchev–Trinajstić information content (AvgIpc) is 2.77. The molecule has 3 fully saturated rings. The lowest BCUT2D eigenvalue weighted by Crippen LogP contribution is -2.60. The molecule has 0 radical (unpaired) electrons. The lowest BCUT2D eigenvalue weighted by molar-refractivity contribution is -0.191. The van der Waals surface area contributed by atoms with Crippen molar-refractivity contribution >= 4 is 23.6 Å². The van der Waals surface area contributed by atoms with Crippen LogP contribution < -0.4 is 0 Å². The molecule has 3 aliphatic carbocycles. The van der Waals surface area contributed by atoms with Crippen LogP contribution in [0.5, 0.6) is 0 Å². The Bertz CT molecular complexity index is 978. The predicted molar refractivity (Wildman–Crippen MR) is 143 cm³/mol. The number of Topliss-reactive ketones (excluding diaryl/α,β-unsaturated/α-hetero) is 1. The molecule has 3 saturated carbocycles. The number of allylic oxidation sites excluding steroid dienone is 1. The van der Waals surface area contributed by atoms with Crippen LogP contribution in [0.15, 0.2) is 11.6 Å². The smallest absolute Gasteiger partial charge is 0.308 e. The molecule has 0 spiro atoms. The maximum absolute atomic E-state index is 13.7. The molecule has 8 nitrogen and oxygen atoms in total. The lowest BCUT2D eigenvalue weighted by Gasteiger charge is -2.62. The van der Waals surface area contributed by atoms with Gasteiger partial charge in [-0.15, -0.1) is 0 Å². The minimum absolute atomic E-state index is 0.0182. The summed E-state index contributed by atoms with van der Waals surface area (Å²) in [7, 11) is 1.69. The summed E-state index contributed by atoms with van der Waals surface area (Å²) in [4.78, 5) is 51.6. The highest BCUT2D eigenvalue weighted by Gasteiger charge is 2.62. The fourth-order valence-corrected chi connectivity index (χ4v) is 7.56. The SMILES string of the molecule is CC(=O)OCCN(C)C(=O)C=C1CC[C@@H]2[C@@H](C(=O)C[C@H]3C(C)(C)[C@@H](OC(=O)CC(C)(C)O)CC[C@]23C)[C@H]1C. The number of nitrogens with zero attached hydrogens (tertiary/aromatic N) is 1. The summed E-state index contributed by atoms with van der Waals surface area (Å²) in [6.07, 6.45) is 5.00. The lowest BCUT2D eigenvalue weighted by atomic mass is 9.42. The number of ether oxygens (including phenoxy) is 2. The van der Waals surface area contributed by atoms with E-state index in [1.54, 1.807) is 27.0 Å². The Labute approximate surface area is 227 Å². The number of carbonyl (C=O) groups excluding carboxylic acids is 4. The van der Waals surface area contributed by atoms with E-state index in [-0.39, 0.29) is 71.3 Å². The van der Waals surface area contributed by atoms with Crippen molar-refractivity contribution in [3.05, 3.63) is 11.6 Å². The molecule has 0 saturated heterocycles. The first-order valence-corrected chi connectivity index (χ1v) is 14.0. The maximum atomic E-state index is 13.7. The van der Waals surface area contributed by atoms with Crippen molar-refractivity contribution in [1.82, 2.24) is 4.90 Å². The number of ketones is 1. The molecule has 38 heavy (non-hydrogen) atoms. The Kier molecular flexibility index (Phi) is 8.86. The number of amides is 1. The van der Waals surface area contributed by atoms with Crippen molar-refractivity contribution in [2.24, 2.45) is 34.5 Å². The van der Waals surface area contributed by atoms with E-state index < -0.39 is 11.6 Å². The molecular formula is C30H47NO7. The van der Waals surface area contributed by atoms with E-state index in [9.17, 15) is 24.3 Å². The van der Waals surface area contributed by atoms with Gasteiger partial charge >= 0.3 is 11.9 Å². The monoisotopic (exact) mass is 533 g/mol. The van der Waals surface area contributed by atoms with Gasteiger partial charge in [0, 0.05) is 37.8 Å². The van der Waals surface area contributed by atoms with Gasteiger partial charge in [0.15, 0.2) is 0 Å². The van der Waals surface area contributed by atoms with Gasteiger partial charge in [0.05, 0.1) is 18.6 Å².